The van der Waals surface area contributed by atoms with Crippen molar-refractivity contribution in [3.05, 3.63) is 57.4 Å². The predicted octanol–water partition coefficient (Wildman–Crippen LogP) is 4.13. The van der Waals surface area contributed by atoms with Crippen LogP contribution >= 0.6 is 34.3 Å². The monoisotopic (exact) mass is 405 g/mol. The van der Waals surface area contributed by atoms with E-state index in [0.29, 0.717) is 16.4 Å². The third-order valence-corrected chi connectivity index (χ3v) is 5.95. The van der Waals surface area contributed by atoms with Crippen LogP contribution in [0.4, 0.5) is 5.69 Å². The number of hydrogen-bond acceptors (Lipinski definition) is 5. The Morgan fingerprint density at radius 2 is 2.00 bits per heavy atom. The molecule has 0 bridgehead atoms. The first-order valence-electron chi connectivity index (χ1n) is 7.83. The molecule has 0 unspecified atom stereocenters. The van der Waals surface area contributed by atoms with Crippen LogP contribution in [-0.2, 0) is 16.0 Å². The Labute approximate surface area is 164 Å². The summed E-state index contributed by atoms with van der Waals surface area (Å²) in [6, 6.07) is 9.25. The van der Waals surface area contributed by atoms with Gasteiger partial charge in [0.2, 0.25) is 11.8 Å². The van der Waals surface area contributed by atoms with Gasteiger partial charge in [0.15, 0.2) is 0 Å². The molecule has 0 radical (unpaired) electrons. The molecule has 0 saturated carbocycles. The molecule has 2 amide bonds. The molecule has 3 aromatic rings. The lowest BCUT2D eigenvalue weighted by Gasteiger charge is -2.10. The summed E-state index contributed by atoms with van der Waals surface area (Å²) >= 11 is 9.14. The van der Waals surface area contributed by atoms with E-state index in [9.17, 15) is 9.59 Å². The summed E-state index contributed by atoms with van der Waals surface area (Å²) in [5.74, 6) is -0.549. The van der Waals surface area contributed by atoms with Gasteiger partial charge in [-0.1, -0.05) is 23.7 Å². The van der Waals surface area contributed by atoms with Gasteiger partial charge in [-0.25, -0.2) is 4.98 Å². The van der Waals surface area contributed by atoms with Crippen molar-refractivity contribution in [2.24, 2.45) is 0 Å². The van der Waals surface area contributed by atoms with Gasteiger partial charge in [-0.2, -0.15) is 0 Å². The van der Waals surface area contributed by atoms with Crippen molar-refractivity contribution in [2.45, 2.75) is 13.3 Å². The van der Waals surface area contributed by atoms with Gasteiger partial charge in [0.1, 0.15) is 5.01 Å². The van der Waals surface area contributed by atoms with Gasteiger partial charge in [-0.3, -0.25) is 9.59 Å². The molecule has 26 heavy (non-hydrogen) atoms. The first kappa shape index (κ1) is 18.6. The number of carbonyl (C=O) groups excluding carboxylic acids is 2. The van der Waals surface area contributed by atoms with Gasteiger partial charge in [-0.15, -0.1) is 22.7 Å². The molecule has 2 aromatic heterocycles. The predicted molar refractivity (Wildman–Crippen MR) is 107 cm³/mol. The highest BCUT2D eigenvalue weighted by molar-refractivity contribution is 7.20. The van der Waals surface area contributed by atoms with Gasteiger partial charge in [0.25, 0.3) is 0 Å². The van der Waals surface area contributed by atoms with E-state index in [1.54, 1.807) is 29.5 Å². The number of amides is 2. The summed E-state index contributed by atoms with van der Waals surface area (Å²) in [7, 11) is 0. The molecule has 2 heterocycles. The Bertz CT molecular complexity index is 922. The first-order chi connectivity index (χ1) is 12.5. The van der Waals surface area contributed by atoms with E-state index in [2.05, 4.69) is 15.6 Å². The number of thiazole rings is 1. The first-order valence-corrected chi connectivity index (χ1v) is 9.96. The quantitative estimate of drug-likeness (QED) is 0.647. The van der Waals surface area contributed by atoms with Gasteiger partial charge in [0.05, 0.1) is 23.5 Å². The number of nitrogens with zero attached hydrogens (tertiary/aromatic N) is 1. The molecule has 3 rings (SSSR count). The fraction of sp³-hybridized carbons (Fsp3) is 0.167. The van der Waals surface area contributed by atoms with Gasteiger partial charge in [0, 0.05) is 16.1 Å². The molecule has 0 saturated heterocycles. The van der Waals surface area contributed by atoms with Gasteiger partial charge >= 0.3 is 0 Å². The minimum atomic E-state index is -0.304. The van der Waals surface area contributed by atoms with Crippen LogP contribution in [0.15, 0.2) is 41.1 Å². The van der Waals surface area contributed by atoms with Crippen LogP contribution < -0.4 is 10.6 Å². The van der Waals surface area contributed by atoms with E-state index in [1.165, 1.54) is 11.3 Å². The van der Waals surface area contributed by atoms with Crippen molar-refractivity contribution >= 4 is 51.8 Å². The van der Waals surface area contributed by atoms with Crippen LogP contribution in [0, 0.1) is 6.92 Å². The van der Waals surface area contributed by atoms with Crippen molar-refractivity contribution in [1.29, 1.82) is 0 Å². The summed E-state index contributed by atoms with van der Waals surface area (Å²) in [5, 5.41) is 10.7. The van der Waals surface area contributed by atoms with E-state index >= 15 is 0 Å². The number of halogens is 1. The minimum absolute atomic E-state index is 0.104. The van der Waals surface area contributed by atoms with Crippen LogP contribution in [0.25, 0.3) is 9.88 Å². The minimum Gasteiger partial charge on any atom is -0.347 e. The van der Waals surface area contributed by atoms with Crippen LogP contribution in [0.1, 0.15) is 11.3 Å². The summed E-state index contributed by atoms with van der Waals surface area (Å²) in [6.07, 6.45) is 0.144. The van der Waals surface area contributed by atoms with Crippen LogP contribution in [-0.4, -0.2) is 23.3 Å². The highest BCUT2D eigenvalue weighted by Gasteiger charge is 2.12. The Balaban J connectivity index is 1.49. The van der Waals surface area contributed by atoms with Crippen LogP contribution in [0.3, 0.4) is 0 Å². The number of benzene rings is 1. The normalized spacial score (nSPS) is 10.5. The van der Waals surface area contributed by atoms with Crippen molar-refractivity contribution in [1.82, 2.24) is 10.3 Å². The molecular weight excluding hydrogens is 390 g/mol. The molecule has 2 N–H and O–H groups in total. The Morgan fingerprint density at radius 3 is 2.77 bits per heavy atom. The van der Waals surface area contributed by atoms with E-state index in [0.717, 1.165) is 15.4 Å². The van der Waals surface area contributed by atoms with Crippen molar-refractivity contribution in [3.63, 3.8) is 0 Å². The zero-order valence-corrected chi connectivity index (χ0v) is 16.3. The van der Waals surface area contributed by atoms with E-state index < -0.39 is 0 Å². The Morgan fingerprint density at radius 1 is 1.15 bits per heavy atom. The van der Waals surface area contributed by atoms with Crippen molar-refractivity contribution in [3.8, 4) is 9.88 Å². The smallest absolute Gasteiger partial charge is 0.243 e. The topological polar surface area (TPSA) is 71.1 Å². The third-order valence-electron chi connectivity index (χ3n) is 3.61. The number of carbonyl (C=O) groups is 2. The number of rotatable bonds is 6. The molecule has 5 nitrogen and oxygen atoms in total. The highest BCUT2D eigenvalue weighted by Crippen LogP contribution is 2.27. The average molecular weight is 406 g/mol. The summed E-state index contributed by atoms with van der Waals surface area (Å²) in [6.45, 7) is 1.72. The number of thiophene rings is 1. The maximum atomic E-state index is 12.0. The number of aromatic nitrogens is 1. The van der Waals surface area contributed by atoms with E-state index in [-0.39, 0.29) is 24.8 Å². The number of nitrogens with one attached hydrogen (secondary N) is 2. The van der Waals surface area contributed by atoms with E-state index in [1.807, 2.05) is 29.8 Å². The Hall–Kier alpha value is -2.22. The Kier molecular flexibility index (Phi) is 6.03. The lowest BCUT2D eigenvalue weighted by Crippen LogP contribution is -2.34. The SMILES string of the molecule is Cc1c(Cl)cccc1NC(=O)CNC(=O)Cc1csc(-c2cccs2)n1. The molecule has 0 aliphatic rings. The maximum Gasteiger partial charge on any atom is 0.243 e. The largest absolute Gasteiger partial charge is 0.347 e. The molecule has 0 aliphatic heterocycles. The second-order valence-corrected chi connectivity index (χ2v) is 7.75. The van der Waals surface area contributed by atoms with Crippen LogP contribution in [0.5, 0.6) is 0 Å². The molecule has 0 atom stereocenters. The van der Waals surface area contributed by atoms with Gasteiger partial charge in [-0.05, 0) is 36.1 Å². The lowest BCUT2D eigenvalue weighted by molar-refractivity contribution is -0.123. The zero-order valence-electron chi connectivity index (χ0n) is 13.9. The molecular formula is C18H16ClN3O2S2. The van der Waals surface area contributed by atoms with Crippen molar-refractivity contribution in [2.75, 3.05) is 11.9 Å². The standard InChI is InChI=1S/C18H16ClN3O2S2/c1-11-13(19)4-2-5-14(11)22-17(24)9-20-16(23)8-12-10-26-18(21-12)15-6-3-7-25-15/h2-7,10H,8-9H2,1H3,(H,20,23)(H,22,24). The zero-order chi connectivity index (χ0) is 18.5. The fourth-order valence-electron chi connectivity index (χ4n) is 2.24. The summed E-state index contributed by atoms with van der Waals surface area (Å²) < 4.78 is 0. The van der Waals surface area contributed by atoms with E-state index in [4.69, 9.17) is 11.6 Å². The fourth-order valence-corrected chi connectivity index (χ4v) is 4.05. The summed E-state index contributed by atoms with van der Waals surface area (Å²) in [4.78, 5) is 29.6. The molecule has 0 spiro atoms. The van der Waals surface area contributed by atoms with Crippen LogP contribution in [0.2, 0.25) is 5.02 Å². The van der Waals surface area contributed by atoms with Gasteiger partial charge < -0.3 is 10.6 Å². The molecule has 8 heteroatoms. The molecule has 0 aliphatic carbocycles. The lowest BCUT2D eigenvalue weighted by atomic mass is 10.2. The highest BCUT2D eigenvalue weighted by atomic mass is 35.5. The average Bonchev–Trinajstić information content (AvgIpc) is 3.28. The maximum absolute atomic E-state index is 12.0. The molecule has 134 valence electrons. The second kappa shape index (κ2) is 8.44. The number of hydrogen-bond donors (Lipinski definition) is 2. The second-order valence-electron chi connectivity index (χ2n) is 5.54. The number of anilines is 1. The molecule has 0 fully saturated rings. The third kappa shape index (κ3) is 4.69. The summed E-state index contributed by atoms with van der Waals surface area (Å²) in [5.41, 5.74) is 2.12. The molecule has 1 aromatic carbocycles. The van der Waals surface area contributed by atoms with Crippen molar-refractivity contribution < 1.29 is 9.59 Å².